The highest BCUT2D eigenvalue weighted by molar-refractivity contribution is 5.80. The quantitative estimate of drug-likeness (QED) is 0.914. The van der Waals surface area contributed by atoms with Crippen molar-refractivity contribution in [2.24, 2.45) is 5.92 Å². The molecule has 3 heterocycles. The van der Waals surface area contributed by atoms with Gasteiger partial charge in [-0.1, -0.05) is 0 Å². The maximum Gasteiger partial charge on any atom is 0.226 e. The monoisotopic (exact) mass is 354 g/mol. The fourth-order valence-corrected chi connectivity index (χ4v) is 4.42. The molecule has 2 fully saturated rings. The van der Waals surface area contributed by atoms with Gasteiger partial charge in [-0.2, -0.15) is 5.10 Å². The Morgan fingerprint density at radius 1 is 1.19 bits per heavy atom. The summed E-state index contributed by atoms with van der Waals surface area (Å²) in [4.78, 5) is 19.4. The minimum Gasteiger partial charge on any atom is -0.381 e. The van der Waals surface area contributed by atoms with Crippen molar-refractivity contribution in [2.75, 3.05) is 13.7 Å². The number of H-pyrrole nitrogens is 1. The summed E-state index contributed by atoms with van der Waals surface area (Å²) in [6, 6.07) is 4.07. The first-order valence-corrected chi connectivity index (χ1v) is 9.55. The highest BCUT2D eigenvalue weighted by Crippen LogP contribution is 2.38. The lowest BCUT2D eigenvalue weighted by atomic mass is 9.86. The molecule has 2 aromatic rings. The molecular weight excluding hydrogens is 328 g/mol. The van der Waals surface area contributed by atoms with E-state index >= 15 is 0 Å². The lowest BCUT2D eigenvalue weighted by molar-refractivity contribution is -0.138. The number of aromatic nitrogens is 3. The number of likely N-dealkylation sites (tertiary alicyclic amines) is 1. The number of carbonyl (C=O) groups is 1. The Kier molecular flexibility index (Phi) is 5.02. The van der Waals surface area contributed by atoms with Crippen LogP contribution in [0, 0.1) is 5.92 Å². The molecule has 1 saturated carbocycles. The predicted octanol–water partition coefficient (Wildman–Crippen LogP) is 3.34. The molecule has 2 aliphatic rings. The van der Waals surface area contributed by atoms with Gasteiger partial charge < -0.3 is 9.64 Å². The average molecular weight is 354 g/mol. The molecule has 6 heteroatoms. The molecule has 1 unspecified atom stereocenters. The second kappa shape index (κ2) is 7.58. The van der Waals surface area contributed by atoms with Gasteiger partial charge in [-0.15, -0.1) is 0 Å². The lowest BCUT2D eigenvalue weighted by Gasteiger charge is -2.32. The van der Waals surface area contributed by atoms with E-state index in [1.165, 1.54) is 0 Å². The number of nitrogens with one attached hydrogen (secondary N) is 1. The third-order valence-electron chi connectivity index (χ3n) is 5.89. The van der Waals surface area contributed by atoms with Crippen molar-refractivity contribution in [1.82, 2.24) is 20.1 Å². The summed E-state index contributed by atoms with van der Waals surface area (Å²) in [6.07, 6.45) is 11.6. The molecule has 1 amide bonds. The summed E-state index contributed by atoms with van der Waals surface area (Å²) >= 11 is 0. The SMILES string of the molecule is COC1CCC(C(=O)N2CCCC2c2[nH]ncc2-c2ccncc2)CC1. The van der Waals surface area contributed by atoms with E-state index in [1.54, 1.807) is 19.5 Å². The van der Waals surface area contributed by atoms with Gasteiger partial charge >= 0.3 is 0 Å². The number of rotatable bonds is 4. The van der Waals surface area contributed by atoms with Crippen molar-refractivity contribution in [1.29, 1.82) is 0 Å². The molecule has 0 spiro atoms. The predicted molar refractivity (Wildman–Crippen MR) is 98.3 cm³/mol. The highest BCUT2D eigenvalue weighted by atomic mass is 16.5. The van der Waals surface area contributed by atoms with Crippen LogP contribution in [0.4, 0.5) is 0 Å². The van der Waals surface area contributed by atoms with E-state index < -0.39 is 0 Å². The molecule has 1 saturated heterocycles. The van der Waals surface area contributed by atoms with Crippen molar-refractivity contribution >= 4 is 5.91 Å². The summed E-state index contributed by atoms with van der Waals surface area (Å²) in [7, 11) is 1.77. The Balaban J connectivity index is 1.53. The number of carbonyl (C=O) groups excluding carboxylic acids is 1. The summed E-state index contributed by atoms with van der Waals surface area (Å²) in [5, 5.41) is 7.44. The molecule has 0 bridgehead atoms. The standard InChI is InChI=1S/C20H26N4O2/c1-26-16-6-4-15(5-7-16)20(25)24-12-2-3-18(24)19-17(13-22-23-19)14-8-10-21-11-9-14/h8-11,13,15-16,18H,2-7,12H2,1H3,(H,22,23). The maximum atomic E-state index is 13.2. The van der Waals surface area contributed by atoms with Crippen molar-refractivity contribution in [3.8, 4) is 11.1 Å². The number of ether oxygens (including phenoxy) is 1. The van der Waals surface area contributed by atoms with Gasteiger partial charge in [0.15, 0.2) is 0 Å². The van der Waals surface area contributed by atoms with Gasteiger partial charge in [0, 0.05) is 37.5 Å². The van der Waals surface area contributed by atoms with E-state index in [-0.39, 0.29) is 12.0 Å². The largest absolute Gasteiger partial charge is 0.381 e. The molecule has 1 N–H and O–H groups in total. The lowest BCUT2D eigenvalue weighted by Crippen LogP contribution is -2.38. The Morgan fingerprint density at radius 2 is 1.96 bits per heavy atom. The Morgan fingerprint density at radius 3 is 2.69 bits per heavy atom. The molecule has 1 aliphatic carbocycles. The van der Waals surface area contributed by atoms with Crippen LogP contribution in [0.3, 0.4) is 0 Å². The van der Waals surface area contributed by atoms with Crippen molar-refractivity contribution in [3.63, 3.8) is 0 Å². The van der Waals surface area contributed by atoms with Crippen LogP contribution in [-0.2, 0) is 9.53 Å². The molecule has 1 aliphatic heterocycles. The van der Waals surface area contributed by atoms with Gasteiger partial charge in [-0.05, 0) is 56.2 Å². The van der Waals surface area contributed by atoms with Gasteiger partial charge in [0.2, 0.25) is 5.91 Å². The van der Waals surface area contributed by atoms with E-state index in [2.05, 4.69) is 20.1 Å². The molecule has 0 radical (unpaired) electrons. The number of pyridine rings is 1. The summed E-state index contributed by atoms with van der Waals surface area (Å²) in [5.41, 5.74) is 3.21. The number of amides is 1. The minimum atomic E-state index is 0.0910. The third-order valence-corrected chi connectivity index (χ3v) is 5.89. The zero-order valence-corrected chi connectivity index (χ0v) is 15.2. The Bertz CT molecular complexity index is 737. The van der Waals surface area contributed by atoms with Crippen LogP contribution < -0.4 is 0 Å². The Labute approximate surface area is 154 Å². The normalized spacial score (nSPS) is 26.2. The van der Waals surface area contributed by atoms with E-state index in [9.17, 15) is 4.79 Å². The summed E-state index contributed by atoms with van der Waals surface area (Å²) < 4.78 is 5.45. The summed E-state index contributed by atoms with van der Waals surface area (Å²) in [6.45, 7) is 0.836. The highest BCUT2D eigenvalue weighted by Gasteiger charge is 2.37. The van der Waals surface area contributed by atoms with E-state index in [0.29, 0.717) is 12.0 Å². The maximum absolute atomic E-state index is 13.2. The molecule has 138 valence electrons. The first-order valence-electron chi connectivity index (χ1n) is 9.55. The van der Waals surface area contributed by atoms with Crippen LogP contribution >= 0.6 is 0 Å². The number of aromatic amines is 1. The first-order chi connectivity index (χ1) is 12.8. The van der Waals surface area contributed by atoms with Crippen LogP contribution in [0.25, 0.3) is 11.1 Å². The van der Waals surface area contributed by atoms with Gasteiger partial charge in [-0.25, -0.2) is 0 Å². The Hall–Kier alpha value is -2.21. The topological polar surface area (TPSA) is 71.1 Å². The van der Waals surface area contributed by atoms with Gasteiger partial charge in [0.1, 0.15) is 0 Å². The first kappa shape index (κ1) is 17.2. The van der Waals surface area contributed by atoms with Crippen LogP contribution in [0.1, 0.15) is 50.3 Å². The molecule has 4 rings (SSSR count). The van der Waals surface area contributed by atoms with Gasteiger partial charge in [-0.3, -0.25) is 14.9 Å². The van der Waals surface area contributed by atoms with Crippen molar-refractivity contribution in [3.05, 3.63) is 36.4 Å². The minimum absolute atomic E-state index is 0.0910. The van der Waals surface area contributed by atoms with E-state index in [0.717, 1.165) is 61.9 Å². The molecular formula is C20H26N4O2. The zero-order valence-electron chi connectivity index (χ0n) is 15.2. The average Bonchev–Trinajstić information content (AvgIpc) is 3.37. The van der Waals surface area contributed by atoms with Gasteiger partial charge in [0.05, 0.1) is 24.0 Å². The smallest absolute Gasteiger partial charge is 0.226 e. The number of nitrogens with zero attached hydrogens (tertiary/aromatic N) is 3. The molecule has 2 aromatic heterocycles. The zero-order chi connectivity index (χ0) is 17.9. The second-order valence-corrected chi connectivity index (χ2v) is 7.33. The number of methoxy groups -OCH3 is 1. The van der Waals surface area contributed by atoms with E-state index in [1.807, 2.05) is 18.3 Å². The fraction of sp³-hybridized carbons (Fsp3) is 0.550. The third kappa shape index (κ3) is 3.26. The van der Waals surface area contributed by atoms with E-state index in [4.69, 9.17) is 4.74 Å². The number of hydrogen-bond donors (Lipinski definition) is 1. The molecule has 0 aromatic carbocycles. The van der Waals surface area contributed by atoms with Crippen LogP contribution in [0.15, 0.2) is 30.7 Å². The number of hydrogen-bond acceptors (Lipinski definition) is 4. The second-order valence-electron chi connectivity index (χ2n) is 7.33. The van der Waals surface area contributed by atoms with Crippen LogP contribution in [0.2, 0.25) is 0 Å². The molecule has 26 heavy (non-hydrogen) atoms. The summed E-state index contributed by atoms with van der Waals surface area (Å²) in [5.74, 6) is 0.437. The van der Waals surface area contributed by atoms with Crippen molar-refractivity contribution in [2.45, 2.75) is 50.7 Å². The van der Waals surface area contributed by atoms with Crippen molar-refractivity contribution < 1.29 is 9.53 Å². The fourth-order valence-electron chi connectivity index (χ4n) is 4.42. The van der Waals surface area contributed by atoms with Gasteiger partial charge in [0.25, 0.3) is 0 Å². The molecule has 1 atom stereocenters. The van der Waals surface area contributed by atoms with Crippen LogP contribution in [0.5, 0.6) is 0 Å². The van der Waals surface area contributed by atoms with Crippen LogP contribution in [-0.4, -0.2) is 45.7 Å². The molecule has 6 nitrogen and oxygen atoms in total.